The number of benzene rings is 1. The number of carbonyl (C=O) groups excluding carboxylic acids is 1. The first-order chi connectivity index (χ1) is 13.4. The summed E-state index contributed by atoms with van der Waals surface area (Å²) < 4.78 is 18.8. The Labute approximate surface area is 166 Å². The lowest BCUT2D eigenvalue weighted by Crippen LogP contribution is -2.81. The van der Waals surface area contributed by atoms with Crippen molar-refractivity contribution >= 4 is 5.78 Å². The number of Topliss-reactive ketones (excluding diaryl/α,β-unsaturated/α-hetero) is 1. The number of carbonyl (C=O) groups is 1. The molecule has 0 aromatic heterocycles. The van der Waals surface area contributed by atoms with E-state index in [4.69, 9.17) is 14.2 Å². The lowest BCUT2D eigenvalue weighted by Gasteiger charge is -2.73. The number of piperidine rings is 1. The summed E-state index contributed by atoms with van der Waals surface area (Å²) in [6.07, 6.45) is 4.91. The van der Waals surface area contributed by atoms with Crippen molar-refractivity contribution in [1.82, 2.24) is 4.90 Å². The van der Waals surface area contributed by atoms with Crippen molar-refractivity contribution in [3.8, 4) is 11.5 Å². The van der Waals surface area contributed by atoms with Gasteiger partial charge in [0, 0.05) is 29.5 Å². The third-order valence-corrected chi connectivity index (χ3v) is 9.32. The van der Waals surface area contributed by atoms with Crippen LogP contribution < -0.4 is 9.47 Å². The maximum Gasteiger partial charge on any atom is 0.165 e. The van der Waals surface area contributed by atoms with Crippen LogP contribution in [0.3, 0.4) is 0 Å². The van der Waals surface area contributed by atoms with E-state index in [1.807, 2.05) is 0 Å². The van der Waals surface area contributed by atoms with Crippen LogP contribution in [0.25, 0.3) is 0 Å². The highest BCUT2D eigenvalue weighted by molar-refractivity contribution is 5.81. The molecule has 1 saturated heterocycles. The number of ether oxygens (including phenoxy) is 3. The quantitative estimate of drug-likeness (QED) is 0.803. The number of methoxy groups -OCH3 is 2. The Hall–Kier alpha value is -1.59. The molecule has 0 radical (unpaired) electrons. The van der Waals surface area contributed by atoms with Crippen LogP contribution in [-0.2, 0) is 21.4 Å². The smallest absolute Gasteiger partial charge is 0.165 e. The van der Waals surface area contributed by atoms with Crippen LogP contribution >= 0.6 is 0 Å². The first-order valence-electron chi connectivity index (χ1n) is 10.6. The molecule has 6 aliphatic rings. The molecule has 0 amide bonds. The fourth-order valence-electron chi connectivity index (χ4n) is 8.30. The number of likely N-dealkylation sites (tertiary alicyclic amines) is 1. The molecule has 1 aromatic carbocycles. The van der Waals surface area contributed by atoms with Crippen molar-refractivity contribution in [1.29, 1.82) is 0 Å². The second-order valence-electron chi connectivity index (χ2n) is 9.73. The molecule has 4 fully saturated rings. The molecule has 2 aliphatic heterocycles. The van der Waals surface area contributed by atoms with Crippen LogP contribution in [-0.4, -0.2) is 56.2 Å². The van der Waals surface area contributed by atoms with Crippen molar-refractivity contribution in [2.45, 2.75) is 62.2 Å². The van der Waals surface area contributed by atoms with E-state index in [9.17, 15) is 4.79 Å². The van der Waals surface area contributed by atoms with E-state index in [1.54, 1.807) is 21.1 Å². The summed E-state index contributed by atoms with van der Waals surface area (Å²) in [7, 11) is 5.77. The van der Waals surface area contributed by atoms with Crippen LogP contribution in [0.4, 0.5) is 0 Å². The van der Waals surface area contributed by atoms with E-state index >= 15 is 0 Å². The van der Waals surface area contributed by atoms with Gasteiger partial charge in [-0.3, -0.25) is 4.79 Å². The molecule has 2 spiro atoms. The van der Waals surface area contributed by atoms with Gasteiger partial charge in [-0.05, 0) is 64.3 Å². The minimum Gasteiger partial charge on any atom is -0.493 e. The highest BCUT2D eigenvalue weighted by Gasteiger charge is 2.80. The first kappa shape index (κ1) is 17.3. The number of fused-ring (bicyclic) bond motifs is 2. The standard InChI is InChI=1S/C23H29NO4/c1-13(25)15-12-21-7-8-23(15,27-4)20-22(21)9-10-24(2)17(21)11-14-5-6-16(26-3)19(28-20)18(14)22/h5-6,15,17,20H,7-12H2,1-4H3/t15-,17-,20-,21-,22+,23+/m1/s1. The van der Waals surface area contributed by atoms with E-state index in [-0.39, 0.29) is 28.6 Å². The van der Waals surface area contributed by atoms with E-state index in [1.165, 1.54) is 11.1 Å². The van der Waals surface area contributed by atoms with Gasteiger partial charge in [0.25, 0.3) is 0 Å². The fourth-order valence-corrected chi connectivity index (χ4v) is 8.30. The molecule has 2 heterocycles. The largest absolute Gasteiger partial charge is 0.493 e. The summed E-state index contributed by atoms with van der Waals surface area (Å²) in [6.45, 7) is 2.80. The van der Waals surface area contributed by atoms with Gasteiger partial charge < -0.3 is 19.1 Å². The molecule has 150 valence electrons. The lowest BCUT2D eigenvalue weighted by molar-refractivity contribution is -0.270. The number of likely N-dealkylation sites (N-methyl/N-ethyl adjacent to an activating group) is 1. The van der Waals surface area contributed by atoms with Crippen molar-refractivity contribution in [2.24, 2.45) is 11.3 Å². The predicted molar refractivity (Wildman–Crippen MR) is 104 cm³/mol. The number of hydrogen-bond donors (Lipinski definition) is 0. The molecule has 1 aromatic rings. The summed E-state index contributed by atoms with van der Waals surface area (Å²) in [6, 6.07) is 4.75. The second-order valence-corrected chi connectivity index (χ2v) is 9.73. The number of nitrogens with zero attached hydrogens (tertiary/aromatic N) is 1. The molecule has 6 atom stereocenters. The highest BCUT2D eigenvalue weighted by Crippen LogP contribution is 2.76. The van der Waals surface area contributed by atoms with Crippen molar-refractivity contribution in [2.75, 3.05) is 27.8 Å². The monoisotopic (exact) mass is 383 g/mol. The molecule has 3 saturated carbocycles. The zero-order valence-corrected chi connectivity index (χ0v) is 17.2. The summed E-state index contributed by atoms with van der Waals surface area (Å²) in [5.74, 6) is 1.89. The van der Waals surface area contributed by atoms with Crippen molar-refractivity contribution in [3.05, 3.63) is 23.3 Å². The molecule has 4 bridgehead atoms. The minimum absolute atomic E-state index is 0.0676. The van der Waals surface area contributed by atoms with E-state index in [0.717, 1.165) is 50.1 Å². The van der Waals surface area contributed by atoms with Gasteiger partial charge >= 0.3 is 0 Å². The summed E-state index contributed by atoms with van der Waals surface area (Å²) in [4.78, 5) is 15.4. The van der Waals surface area contributed by atoms with Crippen LogP contribution in [0.15, 0.2) is 12.1 Å². The van der Waals surface area contributed by atoms with Crippen molar-refractivity contribution < 1.29 is 19.0 Å². The molecule has 28 heavy (non-hydrogen) atoms. The molecule has 5 nitrogen and oxygen atoms in total. The maximum atomic E-state index is 12.8. The Balaban J connectivity index is 1.69. The average molecular weight is 383 g/mol. The predicted octanol–water partition coefficient (Wildman–Crippen LogP) is 2.73. The minimum atomic E-state index is -0.535. The zero-order chi connectivity index (χ0) is 19.5. The van der Waals surface area contributed by atoms with Gasteiger partial charge in [-0.25, -0.2) is 0 Å². The number of rotatable bonds is 3. The normalized spacial score (nSPS) is 44.8. The van der Waals surface area contributed by atoms with Crippen LogP contribution in [0.5, 0.6) is 11.5 Å². The van der Waals surface area contributed by atoms with Gasteiger partial charge in [0.2, 0.25) is 0 Å². The molecule has 4 aliphatic carbocycles. The molecule has 0 N–H and O–H groups in total. The molecular formula is C23H29NO4. The van der Waals surface area contributed by atoms with Gasteiger partial charge in [-0.2, -0.15) is 0 Å². The van der Waals surface area contributed by atoms with Gasteiger partial charge in [0.1, 0.15) is 17.5 Å². The van der Waals surface area contributed by atoms with Gasteiger partial charge in [-0.15, -0.1) is 0 Å². The van der Waals surface area contributed by atoms with Gasteiger partial charge in [-0.1, -0.05) is 6.07 Å². The molecule has 7 rings (SSSR count). The molecule has 0 unspecified atom stereocenters. The Morgan fingerprint density at radius 1 is 1.25 bits per heavy atom. The highest BCUT2D eigenvalue weighted by atomic mass is 16.6. The Kier molecular flexibility index (Phi) is 3.16. The van der Waals surface area contributed by atoms with Crippen LogP contribution in [0.2, 0.25) is 0 Å². The Morgan fingerprint density at radius 3 is 2.79 bits per heavy atom. The SMILES string of the molecule is COc1ccc2c3c1O[C@H]1[C@]4(OC)CC[C@@]5(C[C@@H]4C(C)=O)[C@@H](C2)N(C)CC[C@]315. The summed E-state index contributed by atoms with van der Waals surface area (Å²) in [5.41, 5.74) is 2.25. The van der Waals surface area contributed by atoms with E-state index in [0.29, 0.717) is 6.04 Å². The Bertz CT molecular complexity index is 899. The number of hydrogen-bond acceptors (Lipinski definition) is 5. The van der Waals surface area contributed by atoms with Crippen LogP contribution in [0.1, 0.15) is 43.7 Å². The maximum absolute atomic E-state index is 12.8. The third kappa shape index (κ3) is 1.53. The van der Waals surface area contributed by atoms with Crippen molar-refractivity contribution in [3.63, 3.8) is 0 Å². The number of ketones is 1. The van der Waals surface area contributed by atoms with Gasteiger partial charge in [0.15, 0.2) is 11.5 Å². The average Bonchev–Trinajstić information content (AvgIpc) is 3.07. The second kappa shape index (κ2) is 5.11. The summed E-state index contributed by atoms with van der Waals surface area (Å²) >= 11 is 0. The molecular weight excluding hydrogens is 354 g/mol. The first-order valence-corrected chi connectivity index (χ1v) is 10.6. The van der Waals surface area contributed by atoms with E-state index < -0.39 is 5.60 Å². The topological polar surface area (TPSA) is 48.0 Å². The molecule has 5 heteroatoms. The van der Waals surface area contributed by atoms with Crippen LogP contribution in [0, 0.1) is 11.3 Å². The van der Waals surface area contributed by atoms with Gasteiger partial charge in [0.05, 0.1) is 13.0 Å². The fraction of sp³-hybridized carbons (Fsp3) is 0.696. The Morgan fingerprint density at radius 2 is 2.07 bits per heavy atom. The third-order valence-electron chi connectivity index (χ3n) is 9.32. The summed E-state index contributed by atoms with van der Waals surface area (Å²) in [5, 5.41) is 0. The van der Waals surface area contributed by atoms with E-state index in [2.05, 4.69) is 24.1 Å². The zero-order valence-electron chi connectivity index (χ0n) is 17.2. The lowest BCUT2D eigenvalue weighted by atomic mass is 9.34.